The van der Waals surface area contributed by atoms with Crippen LogP contribution in [0.25, 0.3) is 0 Å². The van der Waals surface area contributed by atoms with Gasteiger partial charge in [-0.15, -0.1) is 0 Å². The van der Waals surface area contributed by atoms with Gasteiger partial charge in [0, 0.05) is 16.7 Å². The molecule has 0 bridgehead atoms. The van der Waals surface area contributed by atoms with Crippen molar-refractivity contribution in [1.82, 2.24) is 10.2 Å². The Balaban J connectivity index is 2.03. The zero-order valence-electron chi connectivity index (χ0n) is 21.6. The molecule has 0 saturated heterocycles. The first kappa shape index (κ1) is 29.4. The van der Waals surface area contributed by atoms with Crippen LogP contribution in [0.3, 0.4) is 0 Å². The molecular formula is C28H32IN3O5S. The normalized spacial score (nSPS) is 11.9. The topological polar surface area (TPSA) is 96.0 Å². The third-order valence-corrected chi connectivity index (χ3v) is 8.48. The van der Waals surface area contributed by atoms with Crippen molar-refractivity contribution in [2.45, 2.75) is 37.8 Å². The summed E-state index contributed by atoms with van der Waals surface area (Å²) in [5.41, 5.74) is 1.15. The number of rotatable bonds is 12. The number of anilines is 1. The number of carbonyl (C=O) groups excluding carboxylic acids is 2. The third kappa shape index (κ3) is 7.25. The lowest BCUT2D eigenvalue weighted by Gasteiger charge is -2.33. The minimum Gasteiger partial charge on any atom is -0.497 e. The molecule has 10 heteroatoms. The molecule has 0 fully saturated rings. The van der Waals surface area contributed by atoms with Crippen LogP contribution in [0.15, 0.2) is 83.8 Å². The minimum atomic E-state index is -4.07. The van der Waals surface area contributed by atoms with Crippen LogP contribution < -0.4 is 14.4 Å². The summed E-state index contributed by atoms with van der Waals surface area (Å²) in [6, 6.07) is 21.3. The van der Waals surface area contributed by atoms with Gasteiger partial charge in [-0.05, 0) is 90.0 Å². The predicted molar refractivity (Wildman–Crippen MR) is 156 cm³/mol. The highest BCUT2D eigenvalue weighted by atomic mass is 127. The molecule has 0 aliphatic carbocycles. The Morgan fingerprint density at radius 3 is 2.13 bits per heavy atom. The van der Waals surface area contributed by atoms with Crippen LogP contribution in [-0.2, 0) is 26.2 Å². The van der Waals surface area contributed by atoms with E-state index in [4.69, 9.17) is 4.74 Å². The fraction of sp³-hybridized carbons (Fsp3) is 0.286. The highest BCUT2D eigenvalue weighted by Crippen LogP contribution is 2.25. The summed E-state index contributed by atoms with van der Waals surface area (Å²) in [6.45, 7) is 3.71. The molecule has 8 nitrogen and oxygen atoms in total. The van der Waals surface area contributed by atoms with E-state index in [9.17, 15) is 18.0 Å². The monoisotopic (exact) mass is 649 g/mol. The molecule has 0 saturated carbocycles. The van der Waals surface area contributed by atoms with Crippen LogP contribution >= 0.6 is 22.6 Å². The highest BCUT2D eigenvalue weighted by Gasteiger charge is 2.33. The Hall–Kier alpha value is -3.12. The van der Waals surface area contributed by atoms with Crippen LogP contribution in [0.1, 0.15) is 25.8 Å². The maximum absolute atomic E-state index is 13.9. The summed E-state index contributed by atoms with van der Waals surface area (Å²) in [7, 11) is -2.51. The first-order valence-electron chi connectivity index (χ1n) is 12.2. The van der Waals surface area contributed by atoms with Gasteiger partial charge >= 0.3 is 0 Å². The molecule has 0 aromatic heterocycles. The van der Waals surface area contributed by atoms with Crippen molar-refractivity contribution >= 4 is 50.1 Å². The molecule has 0 spiro atoms. The summed E-state index contributed by atoms with van der Waals surface area (Å²) in [4.78, 5) is 28.4. The van der Waals surface area contributed by atoms with Crippen LogP contribution in [0, 0.1) is 3.57 Å². The maximum atomic E-state index is 13.9. The largest absolute Gasteiger partial charge is 0.497 e. The number of methoxy groups -OCH3 is 1. The predicted octanol–water partition coefficient (Wildman–Crippen LogP) is 4.44. The Morgan fingerprint density at radius 2 is 1.58 bits per heavy atom. The zero-order valence-corrected chi connectivity index (χ0v) is 24.6. The van der Waals surface area contributed by atoms with Crippen molar-refractivity contribution in [2.24, 2.45) is 0 Å². The Labute approximate surface area is 238 Å². The molecule has 1 atom stereocenters. The van der Waals surface area contributed by atoms with E-state index in [-0.39, 0.29) is 17.3 Å². The molecule has 38 heavy (non-hydrogen) atoms. The van der Waals surface area contributed by atoms with Crippen LogP contribution in [0.5, 0.6) is 5.75 Å². The van der Waals surface area contributed by atoms with Gasteiger partial charge in [0.25, 0.3) is 10.0 Å². The molecule has 2 amide bonds. The number of carbonyl (C=O) groups is 2. The van der Waals surface area contributed by atoms with Crippen LogP contribution in [0.2, 0.25) is 0 Å². The van der Waals surface area contributed by atoms with Gasteiger partial charge in [-0.2, -0.15) is 0 Å². The number of benzene rings is 3. The second kappa shape index (κ2) is 13.6. The summed E-state index contributed by atoms with van der Waals surface area (Å²) in [5.74, 6) is -0.109. The SMILES string of the molecule is CCNC(=O)C(CC)N(Cc1ccc(OC)cc1)C(=O)CN(c1ccc(I)cc1)S(=O)(=O)c1ccccc1. The van der Waals surface area contributed by atoms with E-state index >= 15 is 0 Å². The molecule has 0 radical (unpaired) electrons. The number of amides is 2. The van der Waals surface area contributed by atoms with Crippen molar-refractivity contribution in [3.63, 3.8) is 0 Å². The molecule has 3 aromatic carbocycles. The van der Waals surface area contributed by atoms with Crippen molar-refractivity contribution in [3.8, 4) is 5.75 Å². The number of hydrogen-bond acceptors (Lipinski definition) is 5. The number of likely N-dealkylation sites (N-methyl/N-ethyl adjacent to an activating group) is 1. The zero-order chi connectivity index (χ0) is 27.7. The molecule has 0 aliphatic heterocycles. The second-order valence-electron chi connectivity index (χ2n) is 8.49. The third-order valence-electron chi connectivity index (χ3n) is 5.97. The number of ether oxygens (including phenoxy) is 1. The van der Waals surface area contributed by atoms with E-state index in [1.165, 1.54) is 17.0 Å². The van der Waals surface area contributed by atoms with Gasteiger partial charge in [0.05, 0.1) is 17.7 Å². The van der Waals surface area contributed by atoms with E-state index < -0.39 is 28.5 Å². The Kier molecular flexibility index (Phi) is 10.5. The Morgan fingerprint density at radius 1 is 0.947 bits per heavy atom. The first-order valence-corrected chi connectivity index (χ1v) is 14.8. The summed E-state index contributed by atoms with van der Waals surface area (Å²) >= 11 is 2.14. The molecular weight excluding hydrogens is 617 g/mol. The van der Waals surface area contributed by atoms with Crippen molar-refractivity contribution < 1.29 is 22.7 Å². The molecule has 0 heterocycles. The standard InChI is InChI=1S/C28H32IN3O5S/c1-4-26(28(34)30-5-2)31(19-21-11-17-24(37-3)18-12-21)27(33)20-32(23-15-13-22(29)14-16-23)38(35,36)25-9-7-6-8-10-25/h6-18,26H,4-5,19-20H2,1-3H3,(H,30,34). The lowest BCUT2D eigenvalue weighted by atomic mass is 10.1. The van der Waals surface area contributed by atoms with Crippen molar-refractivity contribution in [1.29, 1.82) is 0 Å². The first-order chi connectivity index (χ1) is 18.2. The lowest BCUT2D eigenvalue weighted by Crippen LogP contribution is -2.52. The van der Waals surface area contributed by atoms with Crippen LogP contribution in [0.4, 0.5) is 5.69 Å². The summed E-state index contributed by atoms with van der Waals surface area (Å²) < 4.78 is 34.7. The molecule has 3 rings (SSSR count). The van der Waals surface area contributed by atoms with E-state index in [0.717, 1.165) is 13.4 Å². The molecule has 3 aromatic rings. The van der Waals surface area contributed by atoms with Gasteiger partial charge in [0.15, 0.2) is 0 Å². The van der Waals surface area contributed by atoms with Gasteiger partial charge in [0.1, 0.15) is 18.3 Å². The van der Waals surface area contributed by atoms with Gasteiger partial charge in [-0.1, -0.05) is 37.3 Å². The number of halogens is 1. The van der Waals surface area contributed by atoms with Gasteiger partial charge in [-0.3, -0.25) is 13.9 Å². The van der Waals surface area contributed by atoms with E-state index in [1.54, 1.807) is 61.7 Å². The van der Waals surface area contributed by atoms with Gasteiger partial charge in [-0.25, -0.2) is 8.42 Å². The van der Waals surface area contributed by atoms with Crippen molar-refractivity contribution in [3.05, 3.63) is 88.0 Å². The van der Waals surface area contributed by atoms with Gasteiger partial charge in [0.2, 0.25) is 11.8 Å². The second-order valence-corrected chi connectivity index (χ2v) is 11.6. The average molecular weight is 650 g/mol. The Bertz CT molecular complexity index is 1320. The fourth-order valence-corrected chi connectivity index (χ4v) is 5.79. The molecule has 202 valence electrons. The lowest BCUT2D eigenvalue weighted by molar-refractivity contribution is -0.140. The fourth-order valence-electron chi connectivity index (χ4n) is 3.99. The van der Waals surface area contributed by atoms with E-state index in [1.807, 2.05) is 26.0 Å². The van der Waals surface area contributed by atoms with Crippen molar-refractivity contribution in [2.75, 3.05) is 24.5 Å². The summed E-state index contributed by atoms with van der Waals surface area (Å²) in [5, 5.41) is 2.80. The minimum absolute atomic E-state index is 0.0730. The average Bonchev–Trinajstić information content (AvgIpc) is 2.93. The quantitative estimate of drug-likeness (QED) is 0.293. The smallest absolute Gasteiger partial charge is 0.264 e. The molecule has 1 unspecified atom stereocenters. The number of nitrogens with zero attached hydrogens (tertiary/aromatic N) is 2. The summed E-state index contributed by atoms with van der Waals surface area (Å²) in [6.07, 6.45) is 0.364. The molecule has 1 N–H and O–H groups in total. The number of sulfonamides is 1. The number of hydrogen-bond donors (Lipinski definition) is 1. The van der Waals surface area contributed by atoms with E-state index in [0.29, 0.717) is 24.4 Å². The maximum Gasteiger partial charge on any atom is 0.264 e. The van der Waals surface area contributed by atoms with E-state index in [2.05, 4.69) is 27.9 Å². The number of nitrogens with one attached hydrogen (secondary N) is 1. The van der Waals surface area contributed by atoms with Gasteiger partial charge < -0.3 is 15.0 Å². The highest BCUT2D eigenvalue weighted by molar-refractivity contribution is 14.1. The molecule has 0 aliphatic rings. The van der Waals surface area contributed by atoms with Crippen LogP contribution in [-0.4, -0.2) is 51.4 Å².